The van der Waals surface area contributed by atoms with Gasteiger partial charge >= 0.3 is 0 Å². The van der Waals surface area contributed by atoms with Crippen LogP contribution in [0, 0.1) is 0 Å². The van der Waals surface area contributed by atoms with E-state index in [0.717, 1.165) is 56.5 Å². The van der Waals surface area contributed by atoms with Crippen molar-refractivity contribution in [3.8, 4) is 11.5 Å². The van der Waals surface area contributed by atoms with Crippen molar-refractivity contribution in [3.05, 3.63) is 24.3 Å². The molecule has 0 unspecified atom stereocenters. The Balaban J connectivity index is 0.00000338. The molecule has 1 saturated heterocycles. The van der Waals surface area contributed by atoms with E-state index in [1.165, 1.54) is 0 Å². The lowest BCUT2D eigenvalue weighted by Crippen LogP contribution is -2.47. The minimum Gasteiger partial charge on any atom is -0.497 e. The fourth-order valence-electron chi connectivity index (χ4n) is 2.90. The van der Waals surface area contributed by atoms with Gasteiger partial charge in [0.25, 0.3) is 0 Å². The van der Waals surface area contributed by atoms with Gasteiger partial charge in [0, 0.05) is 32.3 Å². The molecule has 0 bridgehead atoms. The van der Waals surface area contributed by atoms with E-state index in [4.69, 9.17) is 19.2 Å². The summed E-state index contributed by atoms with van der Waals surface area (Å²) >= 11 is 0. The first kappa shape index (κ1) is 22.8. The van der Waals surface area contributed by atoms with Crippen molar-refractivity contribution in [3.63, 3.8) is 0 Å². The summed E-state index contributed by atoms with van der Waals surface area (Å²) in [5.41, 5.74) is 0. The number of rotatable bonds is 8. The molecule has 0 atom stereocenters. The van der Waals surface area contributed by atoms with Gasteiger partial charge < -0.3 is 24.4 Å². The standard InChI is InChI=1S/C19H31N3O3.HI/c1-4-20-19(22-12-9-16(10-13-22)24-5-2)21-11-14-25-18-8-6-7-17(15-18)23-3;/h6-8,15-16H,4-5,9-14H2,1-3H3,(H,20,21);1H. The summed E-state index contributed by atoms with van der Waals surface area (Å²) in [4.78, 5) is 7.01. The summed E-state index contributed by atoms with van der Waals surface area (Å²) < 4.78 is 16.7. The Labute approximate surface area is 174 Å². The molecule has 1 aromatic carbocycles. The SMILES string of the molecule is CCNC(=NCCOc1cccc(OC)c1)N1CCC(OCC)CC1.I. The topological polar surface area (TPSA) is 55.3 Å². The van der Waals surface area contributed by atoms with Crippen molar-refractivity contribution in [2.45, 2.75) is 32.8 Å². The monoisotopic (exact) mass is 477 g/mol. The third kappa shape index (κ3) is 7.57. The van der Waals surface area contributed by atoms with Gasteiger partial charge in [-0.25, -0.2) is 4.99 Å². The van der Waals surface area contributed by atoms with Gasteiger partial charge in [-0.3, -0.25) is 0 Å². The Morgan fingerprint density at radius 1 is 1.23 bits per heavy atom. The summed E-state index contributed by atoms with van der Waals surface area (Å²) in [7, 11) is 1.65. The highest BCUT2D eigenvalue weighted by atomic mass is 127. The predicted molar refractivity (Wildman–Crippen MR) is 116 cm³/mol. The number of halogens is 1. The Kier molecular flexibility index (Phi) is 11.4. The van der Waals surface area contributed by atoms with Crippen LogP contribution in [-0.2, 0) is 4.74 Å². The van der Waals surface area contributed by atoms with Crippen LogP contribution in [0.3, 0.4) is 0 Å². The Hall–Kier alpha value is -1.22. The molecule has 0 aromatic heterocycles. The van der Waals surface area contributed by atoms with E-state index in [1.54, 1.807) is 7.11 Å². The smallest absolute Gasteiger partial charge is 0.194 e. The average Bonchev–Trinajstić information content (AvgIpc) is 2.65. The van der Waals surface area contributed by atoms with E-state index in [2.05, 4.69) is 24.1 Å². The van der Waals surface area contributed by atoms with Gasteiger partial charge in [-0.15, -0.1) is 24.0 Å². The minimum absolute atomic E-state index is 0. The molecular formula is C19H32IN3O3. The number of hydrogen-bond donors (Lipinski definition) is 1. The third-order valence-electron chi connectivity index (χ3n) is 4.14. The molecule has 1 aliphatic heterocycles. The van der Waals surface area contributed by atoms with Crippen molar-refractivity contribution >= 4 is 29.9 Å². The fourth-order valence-corrected chi connectivity index (χ4v) is 2.90. The van der Waals surface area contributed by atoms with E-state index in [-0.39, 0.29) is 24.0 Å². The van der Waals surface area contributed by atoms with E-state index in [0.29, 0.717) is 19.3 Å². The van der Waals surface area contributed by atoms with Gasteiger partial charge in [0.2, 0.25) is 0 Å². The van der Waals surface area contributed by atoms with Crippen LogP contribution < -0.4 is 14.8 Å². The number of guanidine groups is 1. The summed E-state index contributed by atoms with van der Waals surface area (Å²) in [5.74, 6) is 2.57. The molecule has 1 aliphatic rings. The van der Waals surface area contributed by atoms with E-state index >= 15 is 0 Å². The molecule has 26 heavy (non-hydrogen) atoms. The molecule has 6 nitrogen and oxygen atoms in total. The maximum Gasteiger partial charge on any atom is 0.194 e. The maximum atomic E-state index is 5.76. The van der Waals surface area contributed by atoms with Gasteiger partial charge in [-0.05, 0) is 38.8 Å². The molecule has 1 heterocycles. The summed E-state index contributed by atoms with van der Waals surface area (Å²) in [5, 5.41) is 3.38. The zero-order valence-electron chi connectivity index (χ0n) is 16.1. The summed E-state index contributed by atoms with van der Waals surface area (Å²) in [6, 6.07) is 7.63. The van der Waals surface area contributed by atoms with Gasteiger partial charge in [-0.2, -0.15) is 0 Å². The van der Waals surface area contributed by atoms with E-state index in [9.17, 15) is 0 Å². The van der Waals surface area contributed by atoms with Gasteiger partial charge in [-0.1, -0.05) is 6.07 Å². The number of nitrogens with zero attached hydrogens (tertiary/aromatic N) is 2. The predicted octanol–water partition coefficient (Wildman–Crippen LogP) is 3.16. The average molecular weight is 477 g/mol. The van der Waals surface area contributed by atoms with E-state index in [1.807, 2.05) is 24.3 Å². The van der Waals surface area contributed by atoms with Crippen molar-refractivity contribution in [2.24, 2.45) is 4.99 Å². The highest BCUT2D eigenvalue weighted by Crippen LogP contribution is 2.18. The van der Waals surface area contributed by atoms with E-state index < -0.39 is 0 Å². The minimum atomic E-state index is 0. The molecule has 148 valence electrons. The number of benzene rings is 1. The highest BCUT2D eigenvalue weighted by molar-refractivity contribution is 14.0. The molecule has 2 rings (SSSR count). The molecule has 1 fully saturated rings. The van der Waals surface area contributed by atoms with Gasteiger partial charge in [0.05, 0.1) is 19.8 Å². The van der Waals surface area contributed by atoms with Crippen LogP contribution in [-0.4, -0.2) is 63.5 Å². The largest absolute Gasteiger partial charge is 0.497 e. The second kappa shape index (κ2) is 13.0. The summed E-state index contributed by atoms with van der Waals surface area (Å²) in [6.45, 7) is 8.92. The molecule has 0 spiro atoms. The van der Waals surface area contributed by atoms with Crippen LogP contribution in [0.25, 0.3) is 0 Å². The van der Waals surface area contributed by atoms with Crippen molar-refractivity contribution in [1.29, 1.82) is 0 Å². The second-order valence-corrected chi connectivity index (χ2v) is 5.90. The number of nitrogens with one attached hydrogen (secondary N) is 1. The molecule has 0 aliphatic carbocycles. The molecule has 1 aromatic rings. The van der Waals surface area contributed by atoms with Crippen molar-refractivity contribution in [1.82, 2.24) is 10.2 Å². The molecule has 0 saturated carbocycles. The zero-order valence-corrected chi connectivity index (χ0v) is 18.4. The molecule has 1 N–H and O–H groups in total. The molecule has 0 amide bonds. The quantitative estimate of drug-likeness (QED) is 0.270. The van der Waals surface area contributed by atoms with Crippen molar-refractivity contribution < 1.29 is 14.2 Å². The van der Waals surface area contributed by atoms with Crippen LogP contribution in [0.4, 0.5) is 0 Å². The van der Waals surface area contributed by atoms with Crippen LogP contribution in [0.5, 0.6) is 11.5 Å². The first-order valence-corrected chi connectivity index (χ1v) is 9.18. The first-order valence-electron chi connectivity index (χ1n) is 9.18. The summed E-state index contributed by atoms with van der Waals surface area (Å²) in [6.07, 6.45) is 2.50. The number of methoxy groups -OCH3 is 1. The number of piperidine rings is 1. The number of aliphatic imine (C=N–C) groups is 1. The lowest BCUT2D eigenvalue weighted by atomic mass is 10.1. The molecule has 7 heteroatoms. The zero-order chi connectivity index (χ0) is 17.9. The maximum absolute atomic E-state index is 5.76. The van der Waals surface area contributed by atoms with Crippen LogP contribution in [0.15, 0.2) is 29.3 Å². The fraction of sp³-hybridized carbons (Fsp3) is 0.632. The van der Waals surface area contributed by atoms with Gasteiger partial charge in [0.1, 0.15) is 18.1 Å². The lowest BCUT2D eigenvalue weighted by Gasteiger charge is -2.34. The van der Waals surface area contributed by atoms with Crippen LogP contribution in [0.2, 0.25) is 0 Å². The normalized spacial score (nSPS) is 15.3. The van der Waals surface area contributed by atoms with Crippen LogP contribution in [0.1, 0.15) is 26.7 Å². The third-order valence-corrected chi connectivity index (χ3v) is 4.14. The molecular weight excluding hydrogens is 445 g/mol. The first-order chi connectivity index (χ1) is 12.3. The number of ether oxygens (including phenoxy) is 3. The van der Waals surface area contributed by atoms with Crippen LogP contribution >= 0.6 is 24.0 Å². The second-order valence-electron chi connectivity index (χ2n) is 5.90. The number of likely N-dealkylation sites (tertiary alicyclic amines) is 1. The van der Waals surface area contributed by atoms with Gasteiger partial charge in [0.15, 0.2) is 5.96 Å². The highest BCUT2D eigenvalue weighted by Gasteiger charge is 2.21. The Morgan fingerprint density at radius 3 is 2.62 bits per heavy atom. The number of hydrogen-bond acceptors (Lipinski definition) is 4. The lowest BCUT2D eigenvalue weighted by molar-refractivity contribution is 0.0263. The molecule has 0 radical (unpaired) electrons. The Morgan fingerprint density at radius 2 is 1.96 bits per heavy atom. The Bertz CT molecular complexity index is 535. The van der Waals surface area contributed by atoms with Crippen molar-refractivity contribution in [2.75, 3.05) is 46.5 Å².